The number of hydrogen-bond acceptors (Lipinski definition) is 7. The van der Waals surface area contributed by atoms with E-state index in [-0.39, 0.29) is 24.1 Å². The van der Waals surface area contributed by atoms with Gasteiger partial charge in [0.25, 0.3) is 0 Å². The Bertz CT molecular complexity index is 1280. The lowest BCUT2D eigenvalue weighted by atomic mass is 10.0. The minimum atomic E-state index is -0.765. The van der Waals surface area contributed by atoms with Gasteiger partial charge in [-0.25, -0.2) is 4.79 Å². The first-order valence-corrected chi connectivity index (χ1v) is 14.2. The lowest BCUT2D eigenvalue weighted by Gasteiger charge is -2.41. The fourth-order valence-electron chi connectivity index (χ4n) is 6.20. The summed E-state index contributed by atoms with van der Waals surface area (Å²) in [5, 5.41) is 12.2. The zero-order valence-corrected chi connectivity index (χ0v) is 22.6. The smallest absolute Gasteiger partial charge is 0.329 e. The van der Waals surface area contributed by atoms with E-state index in [0.717, 1.165) is 75.8 Å². The van der Waals surface area contributed by atoms with Crippen LogP contribution in [0.2, 0.25) is 0 Å². The Hall–Kier alpha value is -3.02. The van der Waals surface area contributed by atoms with E-state index >= 15 is 0 Å². The zero-order valence-electron chi connectivity index (χ0n) is 22.6. The van der Waals surface area contributed by atoms with Gasteiger partial charge < -0.3 is 9.84 Å². The Balaban J connectivity index is 1.15. The number of unbranched alkanes of at least 4 members (excludes halogenated alkanes) is 1. The van der Waals surface area contributed by atoms with Gasteiger partial charge in [0.15, 0.2) is 0 Å². The molecule has 0 spiro atoms. The van der Waals surface area contributed by atoms with Crippen LogP contribution in [0.3, 0.4) is 0 Å². The molecule has 0 radical (unpaired) electrons. The number of aliphatic carboxylic acids is 1. The van der Waals surface area contributed by atoms with Crippen LogP contribution in [0.1, 0.15) is 56.6 Å². The number of benzene rings is 1. The lowest BCUT2D eigenvalue weighted by Crippen LogP contribution is -2.58. The van der Waals surface area contributed by atoms with Gasteiger partial charge in [-0.2, -0.15) is 0 Å². The van der Waals surface area contributed by atoms with Gasteiger partial charge in [-0.15, -0.1) is 0 Å². The summed E-state index contributed by atoms with van der Waals surface area (Å²) in [6, 6.07) is 4.71. The standard InChI is InChI=1S/C28H39N5O6/c1-30-23-16-19(8-9-21(23)33(28(30)38)22-10-11-25(34)29-26(22)35)6-2-4-12-31-13-14-32(24(18-31)27(36)37)17-20-7-3-5-15-39-20/h8-9,16,20,22,24H,2-7,10-15,17-18H2,1H3,(H,36,37)(H,29,34,35)/t20-,22?,24-/m0/s1. The Morgan fingerprint density at radius 2 is 1.95 bits per heavy atom. The van der Waals surface area contributed by atoms with Gasteiger partial charge in [-0.3, -0.25) is 38.6 Å². The number of carbonyl (C=O) groups excluding carboxylic acids is 2. The van der Waals surface area contributed by atoms with Crippen molar-refractivity contribution in [3.8, 4) is 0 Å². The first-order valence-electron chi connectivity index (χ1n) is 14.2. The number of hydrogen-bond donors (Lipinski definition) is 2. The Morgan fingerprint density at radius 1 is 1.10 bits per heavy atom. The molecule has 0 bridgehead atoms. The maximum Gasteiger partial charge on any atom is 0.329 e. The third kappa shape index (κ3) is 6.10. The number of aryl methyl sites for hydroxylation is 2. The molecule has 2 amide bonds. The van der Waals surface area contributed by atoms with Gasteiger partial charge in [0.2, 0.25) is 11.8 Å². The van der Waals surface area contributed by atoms with Gasteiger partial charge in [0.05, 0.1) is 17.1 Å². The highest BCUT2D eigenvalue weighted by molar-refractivity contribution is 6.00. The predicted molar refractivity (Wildman–Crippen MR) is 145 cm³/mol. The topological polar surface area (TPSA) is 126 Å². The molecule has 39 heavy (non-hydrogen) atoms. The van der Waals surface area contributed by atoms with Crippen LogP contribution in [0, 0.1) is 0 Å². The Morgan fingerprint density at radius 3 is 2.69 bits per heavy atom. The van der Waals surface area contributed by atoms with E-state index in [1.807, 2.05) is 18.2 Å². The molecule has 5 rings (SSSR count). The second kappa shape index (κ2) is 12.0. The first-order chi connectivity index (χ1) is 18.8. The molecule has 1 aromatic carbocycles. The molecule has 3 saturated heterocycles. The number of carboxylic acid groups (broad SMARTS) is 1. The van der Waals surface area contributed by atoms with Crippen molar-refractivity contribution in [2.24, 2.45) is 7.05 Å². The van der Waals surface area contributed by atoms with Crippen molar-refractivity contribution in [3.63, 3.8) is 0 Å². The number of nitrogens with zero attached hydrogens (tertiary/aromatic N) is 4. The highest BCUT2D eigenvalue weighted by Gasteiger charge is 2.34. The maximum atomic E-state index is 13.0. The van der Waals surface area contributed by atoms with E-state index in [2.05, 4.69) is 15.1 Å². The predicted octanol–water partition coefficient (Wildman–Crippen LogP) is 1.28. The molecule has 0 saturated carbocycles. The number of piperidine rings is 1. The van der Waals surface area contributed by atoms with Gasteiger partial charge in [-0.1, -0.05) is 6.07 Å². The fraction of sp³-hybridized carbons (Fsp3) is 0.643. The molecule has 2 aromatic rings. The van der Waals surface area contributed by atoms with Crippen LogP contribution in [0.4, 0.5) is 0 Å². The SMILES string of the molecule is Cn1c(=O)n(C2CCC(=O)NC2=O)c2ccc(CCCCN3CCN(C[C@@H]4CCCCO4)[C@H](C(=O)O)C3)cc21. The van der Waals surface area contributed by atoms with Crippen LogP contribution in [0.5, 0.6) is 0 Å². The lowest BCUT2D eigenvalue weighted by molar-refractivity contribution is -0.147. The average molecular weight is 542 g/mol. The summed E-state index contributed by atoms with van der Waals surface area (Å²) in [5.41, 5.74) is 2.31. The van der Waals surface area contributed by atoms with E-state index < -0.39 is 24.0 Å². The number of imide groups is 1. The van der Waals surface area contributed by atoms with Crippen molar-refractivity contribution in [3.05, 3.63) is 34.2 Å². The largest absolute Gasteiger partial charge is 0.480 e. The molecule has 4 heterocycles. The second-order valence-corrected chi connectivity index (χ2v) is 11.1. The summed E-state index contributed by atoms with van der Waals surface area (Å²) in [4.78, 5) is 53.2. The molecular weight excluding hydrogens is 502 g/mol. The summed E-state index contributed by atoms with van der Waals surface area (Å²) >= 11 is 0. The summed E-state index contributed by atoms with van der Waals surface area (Å²) < 4.78 is 8.90. The molecule has 1 aromatic heterocycles. The van der Waals surface area contributed by atoms with Gasteiger partial charge >= 0.3 is 11.7 Å². The van der Waals surface area contributed by atoms with E-state index in [9.17, 15) is 24.3 Å². The van der Waals surface area contributed by atoms with Crippen molar-refractivity contribution in [1.82, 2.24) is 24.3 Å². The van der Waals surface area contributed by atoms with Crippen LogP contribution in [-0.4, -0.2) is 93.3 Å². The number of ether oxygens (including phenoxy) is 1. The molecule has 1 unspecified atom stereocenters. The molecular formula is C28H39N5O6. The summed E-state index contributed by atoms with van der Waals surface area (Å²) in [6.07, 6.45) is 6.66. The molecule has 11 nitrogen and oxygen atoms in total. The molecule has 11 heteroatoms. The summed E-state index contributed by atoms with van der Waals surface area (Å²) in [7, 11) is 1.70. The summed E-state index contributed by atoms with van der Waals surface area (Å²) in [5.74, 6) is -1.50. The number of carbonyl (C=O) groups is 3. The average Bonchev–Trinajstić information content (AvgIpc) is 3.17. The van der Waals surface area contributed by atoms with E-state index in [1.54, 1.807) is 11.6 Å². The molecule has 0 aliphatic carbocycles. The third-order valence-electron chi connectivity index (χ3n) is 8.44. The van der Waals surface area contributed by atoms with Crippen LogP contribution in [0.15, 0.2) is 23.0 Å². The highest BCUT2D eigenvalue weighted by Crippen LogP contribution is 2.24. The van der Waals surface area contributed by atoms with E-state index in [4.69, 9.17) is 4.74 Å². The molecule has 3 aliphatic rings. The first kappa shape index (κ1) is 27.5. The molecule has 212 valence electrons. The van der Waals surface area contributed by atoms with Crippen molar-refractivity contribution in [2.75, 3.05) is 39.3 Å². The quantitative estimate of drug-likeness (QED) is 0.359. The van der Waals surface area contributed by atoms with E-state index in [0.29, 0.717) is 25.0 Å². The second-order valence-electron chi connectivity index (χ2n) is 11.1. The van der Waals surface area contributed by atoms with E-state index in [1.165, 1.54) is 4.57 Å². The third-order valence-corrected chi connectivity index (χ3v) is 8.44. The number of rotatable bonds is 9. The minimum absolute atomic E-state index is 0.143. The van der Waals surface area contributed by atoms with Gasteiger partial charge in [0, 0.05) is 46.3 Å². The number of aromatic nitrogens is 2. The van der Waals surface area contributed by atoms with Crippen molar-refractivity contribution in [2.45, 2.75) is 69.6 Å². The zero-order chi connectivity index (χ0) is 27.5. The number of piperazine rings is 1. The number of nitrogens with one attached hydrogen (secondary N) is 1. The Labute approximate surface area is 227 Å². The summed E-state index contributed by atoms with van der Waals surface area (Å²) in [6.45, 7) is 4.45. The molecule has 3 fully saturated rings. The van der Waals surface area contributed by atoms with Crippen LogP contribution < -0.4 is 11.0 Å². The Kier molecular flexibility index (Phi) is 8.49. The minimum Gasteiger partial charge on any atom is -0.480 e. The van der Waals surface area contributed by atoms with Crippen molar-refractivity contribution in [1.29, 1.82) is 0 Å². The monoisotopic (exact) mass is 541 g/mol. The number of carboxylic acids is 1. The number of imidazole rings is 1. The fourth-order valence-corrected chi connectivity index (χ4v) is 6.20. The molecule has 2 N–H and O–H groups in total. The normalized spacial score (nSPS) is 25.2. The number of fused-ring (bicyclic) bond motifs is 1. The van der Waals surface area contributed by atoms with Crippen LogP contribution in [0.25, 0.3) is 11.0 Å². The number of amides is 2. The molecule has 3 aliphatic heterocycles. The van der Waals surface area contributed by atoms with Crippen molar-refractivity contribution < 1.29 is 24.2 Å². The van der Waals surface area contributed by atoms with Gasteiger partial charge in [-0.05, 0) is 69.2 Å². The highest BCUT2D eigenvalue weighted by atomic mass is 16.5. The maximum absolute atomic E-state index is 13.0. The van der Waals surface area contributed by atoms with Crippen LogP contribution >= 0.6 is 0 Å². The van der Waals surface area contributed by atoms with Gasteiger partial charge in [0.1, 0.15) is 12.1 Å². The van der Waals surface area contributed by atoms with Crippen LogP contribution in [-0.2, 0) is 32.6 Å². The van der Waals surface area contributed by atoms with Crippen molar-refractivity contribution >= 4 is 28.8 Å². The molecule has 3 atom stereocenters.